The summed E-state index contributed by atoms with van der Waals surface area (Å²) in [5.74, 6) is -1.86. The Morgan fingerprint density at radius 2 is 1.86 bits per heavy atom. The summed E-state index contributed by atoms with van der Waals surface area (Å²) >= 11 is 1.34. The topological polar surface area (TPSA) is 144 Å². The summed E-state index contributed by atoms with van der Waals surface area (Å²) in [6.07, 6.45) is 4.49. The van der Waals surface area contributed by atoms with E-state index in [0.717, 1.165) is 40.7 Å². The van der Waals surface area contributed by atoms with Crippen LogP contribution in [0.4, 0.5) is 5.00 Å². The molecule has 13 heteroatoms. The number of ether oxygens (including phenoxy) is 2. The van der Waals surface area contributed by atoms with Crippen LogP contribution in [0.1, 0.15) is 47.5 Å². The van der Waals surface area contributed by atoms with Gasteiger partial charge in [-0.05, 0) is 45.1 Å². The molecule has 0 aromatic carbocycles. The number of fused-ring (bicyclic) bond motifs is 2. The monoisotopic (exact) mass is 517 g/mol. The number of amides is 1. The summed E-state index contributed by atoms with van der Waals surface area (Å²) in [7, 11) is 2.80. The third kappa shape index (κ3) is 4.83. The summed E-state index contributed by atoms with van der Waals surface area (Å²) in [5.41, 5.74) is 0.346. The second kappa shape index (κ2) is 10.1. The van der Waals surface area contributed by atoms with Crippen LogP contribution >= 0.6 is 11.3 Å². The number of rotatable bonds is 7. The van der Waals surface area contributed by atoms with Crippen molar-refractivity contribution in [1.82, 2.24) is 18.7 Å². The van der Waals surface area contributed by atoms with Gasteiger partial charge in [0.15, 0.2) is 17.8 Å². The first-order chi connectivity index (χ1) is 17.1. The number of imidazole rings is 1. The van der Waals surface area contributed by atoms with Gasteiger partial charge in [0.2, 0.25) is 0 Å². The van der Waals surface area contributed by atoms with Gasteiger partial charge in [0, 0.05) is 19.0 Å². The molecule has 3 aromatic heterocycles. The Bertz CT molecular complexity index is 1480. The smallest absolute Gasteiger partial charge is 0.341 e. The molecule has 36 heavy (non-hydrogen) atoms. The van der Waals surface area contributed by atoms with E-state index in [-0.39, 0.29) is 23.8 Å². The maximum atomic E-state index is 12.7. The average molecular weight is 518 g/mol. The highest BCUT2D eigenvalue weighted by Crippen LogP contribution is 2.38. The lowest BCUT2D eigenvalue weighted by atomic mass is 9.95. The zero-order valence-electron chi connectivity index (χ0n) is 20.5. The second-order valence-corrected chi connectivity index (χ2v) is 9.93. The number of carbonyl (C=O) groups excluding carboxylic acids is 3. The highest BCUT2D eigenvalue weighted by Gasteiger charge is 2.28. The molecule has 0 radical (unpaired) electrons. The Hall–Kier alpha value is -3.74. The molecule has 1 aliphatic rings. The standard InChI is InChI=1S/C23H27N5O7S/c1-12(2)35-22(32)17-13-7-5-6-8-14(13)36-20(17)25-15(29)10-34-16(30)9-28-11-24-19-18(28)21(31)27(4)23(33)26(19)3/h11-12H,5-10H2,1-4H3,(H,25,29). The average Bonchev–Trinajstić information content (AvgIpc) is 3.40. The molecular formula is C23H27N5O7S. The number of nitrogens with zero attached hydrogens (tertiary/aromatic N) is 4. The lowest BCUT2D eigenvalue weighted by Crippen LogP contribution is -2.37. The number of hydrogen-bond donors (Lipinski definition) is 1. The Balaban J connectivity index is 1.45. The molecule has 0 saturated carbocycles. The van der Waals surface area contributed by atoms with Gasteiger partial charge in [-0.2, -0.15) is 0 Å². The molecule has 0 fully saturated rings. The van der Waals surface area contributed by atoms with Crippen molar-refractivity contribution in [2.45, 2.75) is 52.2 Å². The van der Waals surface area contributed by atoms with E-state index in [9.17, 15) is 24.0 Å². The van der Waals surface area contributed by atoms with Crippen LogP contribution in [0.3, 0.4) is 0 Å². The predicted molar refractivity (Wildman–Crippen MR) is 131 cm³/mol. The number of aryl methyl sites for hydroxylation is 2. The molecule has 0 bridgehead atoms. The molecule has 3 heterocycles. The van der Waals surface area contributed by atoms with Crippen LogP contribution in [0.25, 0.3) is 11.2 Å². The minimum Gasteiger partial charge on any atom is -0.459 e. The first-order valence-electron chi connectivity index (χ1n) is 11.5. The van der Waals surface area contributed by atoms with Crippen molar-refractivity contribution in [2.24, 2.45) is 14.1 Å². The third-order valence-electron chi connectivity index (χ3n) is 5.85. The molecule has 192 valence electrons. The Morgan fingerprint density at radius 1 is 1.14 bits per heavy atom. The molecule has 12 nitrogen and oxygen atoms in total. The normalized spacial score (nSPS) is 13.0. The molecule has 3 aromatic rings. The molecule has 1 aliphatic carbocycles. The number of carbonyl (C=O) groups is 3. The van der Waals surface area contributed by atoms with Crippen molar-refractivity contribution in [1.29, 1.82) is 0 Å². The van der Waals surface area contributed by atoms with Gasteiger partial charge < -0.3 is 19.4 Å². The first kappa shape index (κ1) is 25.4. The molecule has 0 spiro atoms. The number of thiophene rings is 1. The fraction of sp³-hybridized carbons (Fsp3) is 0.478. The number of anilines is 1. The Morgan fingerprint density at radius 3 is 2.58 bits per heavy atom. The lowest BCUT2D eigenvalue weighted by molar-refractivity contribution is -0.147. The van der Waals surface area contributed by atoms with Crippen LogP contribution in [0.2, 0.25) is 0 Å². The number of esters is 2. The van der Waals surface area contributed by atoms with Gasteiger partial charge in [0.1, 0.15) is 11.5 Å². The van der Waals surface area contributed by atoms with Crippen molar-refractivity contribution in [3.8, 4) is 0 Å². The summed E-state index contributed by atoms with van der Waals surface area (Å²) < 4.78 is 13.9. The Labute approximate surface area is 209 Å². The van der Waals surface area contributed by atoms with E-state index in [1.54, 1.807) is 13.8 Å². The van der Waals surface area contributed by atoms with E-state index < -0.39 is 35.7 Å². The SMILES string of the molecule is CC(C)OC(=O)c1c(NC(=O)COC(=O)Cn2cnc3c2c(=O)n(C)c(=O)n3C)sc2c1CCCC2. The minimum atomic E-state index is -0.773. The van der Waals surface area contributed by atoms with Gasteiger partial charge in [-0.1, -0.05) is 0 Å². The van der Waals surface area contributed by atoms with Crippen LogP contribution < -0.4 is 16.6 Å². The van der Waals surface area contributed by atoms with Gasteiger partial charge in [-0.3, -0.25) is 23.5 Å². The second-order valence-electron chi connectivity index (χ2n) is 8.83. The van der Waals surface area contributed by atoms with Crippen LogP contribution in [0.15, 0.2) is 15.9 Å². The number of nitrogens with one attached hydrogen (secondary N) is 1. The fourth-order valence-electron chi connectivity index (χ4n) is 4.15. The fourth-order valence-corrected chi connectivity index (χ4v) is 5.45. The van der Waals surface area contributed by atoms with Crippen molar-refractivity contribution >= 4 is 45.3 Å². The highest BCUT2D eigenvalue weighted by molar-refractivity contribution is 7.17. The molecular weight excluding hydrogens is 490 g/mol. The molecule has 0 aliphatic heterocycles. The Kier molecular flexibility index (Phi) is 7.11. The van der Waals surface area contributed by atoms with E-state index in [4.69, 9.17) is 9.47 Å². The molecule has 1 amide bonds. The van der Waals surface area contributed by atoms with Crippen molar-refractivity contribution in [3.63, 3.8) is 0 Å². The van der Waals surface area contributed by atoms with E-state index in [1.807, 2.05) is 0 Å². The van der Waals surface area contributed by atoms with E-state index >= 15 is 0 Å². The van der Waals surface area contributed by atoms with Gasteiger partial charge in [-0.15, -0.1) is 11.3 Å². The number of aromatic nitrogens is 4. The first-order valence-corrected chi connectivity index (χ1v) is 12.3. The van der Waals surface area contributed by atoms with Crippen LogP contribution in [-0.2, 0) is 52.5 Å². The molecule has 1 N–H and O–H groups in total. The number of hydrogen-bond acceptors (Lipinski definition) is 9. The van der Waals surface area contributed by atoms with Crippen molar-refractivity contribution in [3.05, 3.63) is 43.2 Å². The maximum absolute atomic E-state index is 12.7. The highest BCUT2D eigenvalue weighted by atomic mass is 32.1. The van der Waals surface area contributed by atoms with Crippen molar-refractivity contribution < 1.29 is 23.9 Å². The molecule has 0 atom stereocenters. The zero-order chi connectivity index (χ0) is 26.1. The van der Waals surface area contributed by atoms with Crippen LogP contribution in [-0.4, -0.2) is 49.2 Å². The summed E-state index contributed by atoms with van der Waals surface area (Å²) in [6, 6.07) is 0. The van der Waals surface area contributed by atoms with Crippen molar-refractivity contribution in [2.75, 3.05) is 11.9 Å². The summed E-state index contributed by atoms with van der Waals surface area (Å²) in [5, 5.41) is 3.07. The van der Waals surface area contributed by atoms with Gasteiger partial charge >= 0.3 is 17.6 Å². The maximum Gasteiger partial charge on any atom is 0.341 e. The quantitative estimate of drug-likeness (QED) is 0.459. The van der Waals surface area contributed by atoms with Gasteiger partial charge in [-0.25, -0.2) is 14.6 Å². The largest absolute Gasteiger partial charge is 0.459 e. The molecule has 0 saturated heterocycles. The minimum absolute atomic E-state index is 0.0680. The molecule has 0 unspecified atom stereocenters. The van der Waals surface area contributed by atoms with Gasteiger partial charge in [0.05, 0.1) is 18.0 Å². The zero-order valence-corrected chi connectivity index (χ0v) is 21.3. The van der Waals surface area contributed by atoms with E-state index in [2.05, 4.69) is 10.3 Å². The summed E-state index contributed by atoms with van der Waals surface area (Å²) in [4.78, 5) is 67.4. The summed E-state index contributed by atoms with van der Waals surface area (Å²) in [6.45, 7) is 2.56. The van der Waals surface area contributed by atoms with Crippen LogP contribution in [0, 0.1) is 0 Å². The van der Waals surface area contributed by atoms with Crippen LogP contribution in [0.5, 0.6) is 0 Å². The van der Waals surface area contributed by atoms with E-state index in [0.29, 0.717) is 10.6 Å². The molecule has 4 rings (SSSR count). The van der Waals surface area contributed by atoms with Gasteiger partial charge in [0.25, 0.3) is 11.5 Å². The lowest BCUT2D eigenvalue weighted by Gasteiger charge is -2.14. The van der Waals surface area contributed by atoms with E-state index in [1.165, 1.54) is 40.9 Å². The predicted octanol–water partition coefficient (Wildman–Crippen LogP) is 1.12. The third-order valence-corrected chi connectivity index (χ3v) is 7.06.